The molecule has 0 radical (unpaired) electrons. The van der Waals surface area contributed by atoms with Gasteiger partial charge in [-0.3, -0.25) is 9.69 Å². The van der Waals surface area contributed by atoms with E-state index in [0.717, 1.165) is 36.1 Å². The first-order chi connectivity index (χ1) is 11.2. The highest BCUT2D eigenvalue weighted by atomic mass is 32.2. The third-order valence-corrected chi connectivity index (χ3v) is 5.18. The molecule has 1 atom stereocenters. The van der Waals surface area contributed by atoms with Crippen molar-refractivity contribution in [3.63, 3.8) is 0 Å². The van der Waals surface area contributed by atoms with Crippen LogP contribution in [0.4, 0.5) is 0 Å². The summed E-state index contributed by atoms with van der Waals surface area (Å²) in [5.41, 5.74) is 1.92. The lowest BCUT2D eigenvalue weighted by Crippen LogP contribution is -2.35. The lowest BCUT2D eigenvalue weighted by atomic mass is 10.1. The largest absolute Gasteiger partial charge is 0.465 e. The molecule has 122 valence electrons. The van der Waals surface area contributed by atoms with Crippen LogP contribution in [0.2, 0.25) is 0 Å². The number of nitrogens with one attached hydrogen (secondary N) is 1. The van der Waals surface area contributed by atoms with Crippen LogP contribution in [-0.4, -0.2) is 35.9 Å². The normalized spacial score (nSPS) is 18.8. The van der Waals surface area contributed by atoms with E-state index in [1.165, 1.54) is 5.56 Å². The van der Waals surface area contributed by atoms with Crippen LogP contribution in [0.5, 0.6) is 0 Å². The van der Waals surface area contributed by atoms with Crippen molar-refractivity contribution >= 4 is 17.7 Å². The first-order valence-electron chi connectivity index (χ1n) is 7.86. The summed E-state index contributed by atoms with van der Waals surface area (Å²) in [5, 5.41) is 2.65. The third-order valence-electron chi connectivity index (χ3n) is 4.16. The maximum Gasteiger partial charge on any atom is 0.251 e. The molecule has 1 aromatic heterocycles. The molecule has 0 bridgehead atoms. The molecule has 1 N–H and O–H groups in total. The summed E-state index contributed by atoms with van der Waals surface area (Å²) >= 11 is 1.98. The standard InChI is InChI=1S/C18H22N2O2S/c1-13-3-8-17(22-13)16-12-23-10-9-20(16)11-14-4-6-15(7-5-14)18(21)19-2/h3-8,16H,9-12H2,1-2H3,(H,19,21). The topological polar surface area (TPSA) is 45.5 Å². The zero-order chi connectivity index (χ0) is 16.2. The van der Waals surface area contributed by atoms with Gasteiger partial charge in [0.2, 0.25) is 0 Å². The summed E-state index contributed by atoms with van der Waals surface area (Å²) in [6.45, 7) is 3.91. The Kier molecular flexibility index (Phi) is 5.08. The second kappa shape index (κ2) is 7.23. The maximum atomic E-state index is 11.6. The van der Waals surface area contributed by atoms with Crippen molar-refractivity contribution in [1.29, 1.82) is 0 Å². The van der Waals surface area contributed by atoms with E-state index in [2.05, 4.69) is 16.3 Å². The summed E-state index contributed by atoms with van der Waals surface area (Å²) in [4.78, 5) is 14.1. The zero-order valence-corrected chi connectivity index (χ0v) is 14.4. The molecule has 3 rings (SSSR count). The molecule has 0 spiro atoms. The summed E-state index contributed by atoms with van der Waals surface area (Å²) < 4.78 is 5.85. The van der Waals surface area contributed by atoms with E-state index in [0.29, 0.717) is 11.6 Å². The van der Waals surface area contributed by atoms with Gasteiger partial charge in [0.05, 0.1) is 6.04 Å². The molecule has 2 heterocycles. The molecule has 5 heteroatoms. The van der Waals surface area contributed by atoms with Crippen molar-refractivity contribution in [2.45, 2.75) is 19.5 Å². The fourth-order valence-corrected chi connectivity index (χ4v) is 3.99. The van der Waals surface area contributed by atoms with Gasteiger partial charge in [-0.15, -0.1) is 0 Å². The highest BCUT2D eigenvalue weighted by Gasteiger charge is 2.26. The number of benzene rings is 1. The number of rotatable bonds is 4. The fraction of sp³-hybridized carbons (Fsp3) is 0.389. The molecule has 1 aromatic carbocycles. The van der Waals surface area contributed by atoms with Crippen molar-refractivity contribution < 1.29 is 9.21 Å². The molecular weight excluding hydrogens is 308 g/mol. The molecule has 23 heavy (non-hydrogen) atoms. The number of furan rings is 1. The highest BCUT2D eigenvalue weighted by Crippen LogP contribution is 2.31. The number of nitrogens with zero attached hydrogens (tertiary/aromatic N) is 1. The second-order valence-corrected chi connectivity index (χ2v) is 6.94. The van der Waals surface area contributed by atoms with E-state index in [9.17, 15) is 4.79 Å². The van der Waals surface area contributed by atoms with Gasteiger partial charge < -0.3 is 9.73 Å². The van der Waals surface area contributed by atoms with Crippen LogP contribution in [0.1, 0.15) is 33.5 Å². The predicted molar refractivity (Wildman–Crippen MR) is 93.8 cm³/mol. The Morgan fingerprint density at radius 1 is 1.30 bits per heavy atom. The van der Waals surface area contributed by atoms with E-state index in [4.69, 9.17) is 4.42 Å². The number of aryl methyl sites for hydroxylation is 1. The molecule has 1 fully saturated rings. The molecular formula is C18H22N2O2S. The van der Waals surface area contributed by atoms with Crippen molar-refractivity contribution in [3.8, 4) is 0 Å². The molecule has 0 saturated carbocycles. The molecule has 1 unspecified atom stereocenters. The average molecular weight is 330 g/mol. The van der Waals surface area contributed by atoms with Crippen LogP contribution in [0.15, 0.2) is 40.8 Å². The van der Waals surface area contributed by atoms with Gasteiger partial charge in [0.1, 0.15) is 11.5 Å². The Bertz CT molecular complexity index is 666. The van der Waals surface area contributed by atoms with Crippen LogP contribution < -0.4 is 5.32 Å². The van der Waals surface area contributed by atoms with Crippen molar-refractivity contribution in [3.05, 3.63) is 59.0 Å². The van der Waals surface area contributed by atoms with Gasteiger partial charge in [0.15, 0.2) is 0 Å². The van der Waals surface area contributed by atoms with Gasteiger partial charge in [-0.25, -0.2) is 0 Å². The van der Waals surface area contributed by atoms with Crippen molar-refractivity contribution in [2.75, 3.05) is 25.1 Å². The quantitative estimate of drug-likeness (QED) is 0.935. The molecule has 1 saturated heterocycles. The lowest BCUT2D eigenvalue weighted by molar-refractivity contribution is 0.0963. The molecule has 2 aromatic rings. The van der Waals surface area contributed by atoms with E-state index in [1.54, 1.807) is 7.05 Å². The molecule has 1 aliphatic rings. The van der Waals surface area contributed by atoms with Gasteiger partial charge >= 0.3 is 0 Å². The Hall–Kier alpha value is -1.72. The Morgan fingerprint density at radius 3 is 2.74 bits per heavy atom. The zero-order valence-electron chi connectivity index (χ0n) is 13.5. The molecule has 1 amide bonds. The van der Waals surface area contributed by atoms with Gasteiger partial charge in [0.25, 0.3) is 5.91 Å². The highest BCUT2D eigenvalue weighted by molar-refractivity contribution is 7.99. The van der Waals surface area contributed by atoms with E-state index in [-0.39, 0.29) is 5.91 Å². The maximum absolute atomic E-state index is 11.6. The van der Waals surface area contributed by atoms with Gasteiger partial charge in [-0.05, 0) is 36.8 Å². The van der Waals surface area contributed by atoms with Crippen LogP contribution >= 0.6 is 11.8 Å². The number of hydrogen-bond acceptors (Lipinski definition) is 4. The number of thioether (sulfide) groups is 1. The summed E-state index contributed by atoms with van der Waals surface area (Å²) in [6, 6.07) is 12.3. The van der Waals surface area contributed by atoms with E-state index in [1.807, 2.05) is 49.0 Å². The molecule has 4 nitrogen and oxygen atoms in total. The molecule has 1 aliphatic heterocycles. The minimum atomic E-state index is -0.0464. The van der Waals surface area contributed by atoms with Gasteiger partial charge in [-0.2, -0.15) is 11.8 Å². The van der Waals surface area contributed by atoms with Crippen LogP contribution in [0.3, 0.4) is 0 Å². The van der Waals surface area contributed by atoms with Crippen LogP contribution in [0, 0.1) is 6.92 Å². The Balaban J connectivity index is 1.73. The van der Waals surface area contributed by atoms with Gasteiger partial charge in [-0.1, -0.05) is 12.1 Å². The minimum Gasteiger partial charge on any atom is -0.465 e. The first kappa shape index (κ1) is 16.1. The smallest absolute Gasteiger partial charge is 0.251 e. The predicted octanol–water partition coefficient (Wildman–Crippen LogP) is 3.24. The van der Waals surface area contributed by atoms with Crippen molar-refractivity contribution in [1.82, 2.24) is 10.2 Å². The molecule has 0 aliphatic carbocycles. The monoisotopic (exact) mass is 330 g/mol. The summed E-state index contributed by atoms with van der Waals surface area (Å²) in [5.74, 6) is 4.17. The summed E-state index contributed by atoms with van der Waals surface area (Å²) in [7, 11) is 1.65. The second-order valence-electron chi connectivity index (χ2n) is 5.79. The minimum absolute atomic E-state index is 0.0464. The lowest BCUT2D eigenvalue weighted by Gasteiger charge is -2.34. The summed E-state index contributed by atoms with van der Waals surface area (Å²) in [6.07, 6.45) is 0. The van der Waals surface area contributed by atoms with Crippen LogP contribution in [-0.2, 0) is 6.54 Å². The third kappa shape index (κ3) is 3.79. The number of hydrogen-bond donors (Lipinski definition) is 1. The number of amides is 1. The fourth-order valence-electron chi connectivity index (χ4n) is 2.86. The van der Waals surface area contributed by atoms with E-state index < -0.39 is 0 Å². The van der Waals surface area contributed by atoms with E-state index >= 15 is 0 Å². The van der Waals surface area contributed by atoms with Crippen molar-refractivity contribution in [2.24, 2.45) is 0 Å². The van der Waals surface area contributed by atoms with Crippen LogP contribution in [0.25, 0.3) is 0 Å². The SMILES string of the molecule is CNC(=O)c1ccc(CN2CCSCC2c2ccc(C)o2)cc1. The van der Waals surface area contributed by atoms with Gasteiger partial charge in [0, 0.05) is 37.2 Å². The number of carbonyl (C=O) groups excluding carboxylic acids is 1. The number of carbonyl (C=O) groups is 1. The first-order valence-corrected chi connectivity index (χ1v) is 9.02. The average Bonchev–Trinajstić information content (AvgIpc) is 3.01. The Labute approximate surface area is 141 Å². The Morgan fingerprint density at radius 2 is 2.09 bits per heavy atom.